The maximum Gasteiger partial charge on any atom is 0.156 e. The Bertz CT molecular complexity index is 605. The number of aryl methyl sites for hydroxylation is 3. The van der Waals surface area contributed by atoms with E-state index in [0.717, 1.165) is 29.9 Å². The molecule has 0 fully saturated rings. The molecule has 0 saturated heterocycles. The van der Waals surface area contributed by atoms with Gasteiger partial charge in [0.25, 0.3) is 0 Å². The van der Waals surface area contributed by atoms with Gasteiger partial charge < -0.3 is 0 Å². The molecule has 2 heterocycles. The molecule has 0 N–H and O–H groups in total. The van der Waals surface area contributed by atoms with Crippen LogP contribution in [0.3, 0.4) is 0 Å². The third-order valence-electron chi connectivity index (χ3n) is 2.86. The van der Waals surface area contributed by atoms with Gasteiger partial charge >= 0.3 is 0 Å². The topological polar surface area (TPSA) is 54.5 Å². The maximum absolute atomic E-state index is 9.29. The van der Waals surface area contributed by atoms with Crippen LogP contribution in [0.2, 0.25) is 0 Å². The quantitative estimate of drug-likeness (QED) is 0.828. The van der Waals surface area contributed by atoms with Crippen LogP contribution in [0.25, 0.3) is 5.82 Å². The molecule has 0 spiro atoms. The fourth-order valence-electron chi connectivity index (χ4n) is 2.07. The second kappa shape index (κ2) is 5.01. The highest BCUT2D eigenvalue weighted by atomic mass is 15.1. The van der Waals surface area contributed by atoms with Crippen molar-refractivity contribution in [3.8, 4) is 11.9 Å². The van der Waals surface area contributed by atoms with Crippen LogP contribution >= 0.6 is 0 Å². The molecular formula is C14H16N4. The fraction of sp³-hybridized carbons (Fsp3) is 0.357. The summed E-state index contributed by atoms with van der Waals surface area (Å²) in [4.78, 5) is 8.82. The van der Waals surface area contributed by atoms with E-state index in [1.807, 2.05) is 30.7 Å². The highest BCUT2D eigenvalue weighted by Crippen LogP contribution is 2.18. The summed E-state index contributed by atoms with van der Waals surface area (Å²) in [7, 11) is 0. The first-order valence-electron chi connectivity index (χ1n) is 6.08. The van der Waals surface area contributed by atoms with Gasteiger partial charge in [-0.1, -0.05) is 6.92 Å². The maximum atomic E-state index is 9.29. The van der Waals surface area contributed by atoms with Crippen LogP contribution in [0.1, 0.15) is 36.0 Å². The second-order valence-electron chi connectivity index (χ2n) is 4.35. The molecule has 0 aliphatic carbocycles. The number of aromatic nitrogens is 3. The lowest BCUT2D eigenvalue weighted by atomic mass is 10.1. The van der Waals surface area contributed by atoms with Crippen LogP contribution in [0.15, 0.2) is 18.5 Å². The minimum Gasteiger partial charge on any atom is -0.287 e. The largest absolute Gasteiger partial charge is 0.287 e. The standard InChI is InChI=1S/C14H16N4/c1-4-5-13-16-6-7-18(13)14-12(9-15)10(2)8-11(3)17-14/h6-8H,4-5H2,1-3H3. The van der Waals surface area contributed by atoms with Crippen molar-refractivity contribution in [2.75, 3.05) is 0 Å². The Labute approximate surface area is 107 Å². The van der Waals surface area contributed by atoms with E-state index in [1.165, 1.54) is 0 Å². The third kappa shape index (κ3) is 2.12. The van der Waals surface area contributed by atoms with Gasteiger partial charge in [0.2, 0.25) is 0 Å². The van der Waals surface area contributed by atoms with Crippen LogP contribution in [0, 0.1) is 25.2 Å². The summed E-state index contributed by atoms with van der Waals surface area (Å²) in [6.45, 7) is 5.99. The molecule has 2 rings (SSSR count). The predicted octanol–water partition coefficient (Wildman–Crippen LogP) is 2.71. The highest BCUT2D eigenvalue weighted by molar-refractivity contribution is 5.50. The number of pyridine rings is 1. The van der Waals surface area contributed by atoms with Gasteiger partial charge in [0, 0.05) is 24.5 Å². The van der Waals surface area contributed by atoms with Gasteiger partial charge in [-0.2, -0.15) is 5.26 Å². The number of imidazole rings is 1. The van der Waals surface area contributed by atoms with Gasteiger partial charge in [0.15, 0.2) is 5.82 Å². The minimum absolute atomic E-state index is 0.621. The normalized spacial score (nSPS) is 10.3. The molecule has 0 bridgehead atoms. The van der Waals surface area contributed by atoms with Crippen molar-refractivity contribution in [2.45, 2.75) is 33.6 Å². The summed E-state index contributed by atoms with van der Waals surface area (Å²) in [5.41, 5.74) is 2.49. The Kier molecular flexibility index (Phi) is 3.42. The van der Waals surface area contributed by atoms with E-state index >= 15 is 0 Å². The van der Waals surface area contributed by atoms with Crippen molar-refractivity contribution < 1.29 is 0 Å². The lowest BCUT2D eigenvalue weighted by Gasteiger charge is -2.11. The molecule has 0 aliphatic heterocycles. The van der Waals surface area contributed by atoms with E-state index in [1.54, 1.807) is 6.20 Å². The lowest BCUT2D eigenvalue weighted by molar-refractivity contribution is 0.794. The molecule has 0 radical (unpaired) electrons. The van der Waals surface area contributed by atoms with Crippen molar-refractivity contribution in [3.05, 3.63) is 41.1 Å². The van der Waals surface area contributed by atoms with E-state index in [2.05, 4.69) is 23.0 Å². The number of nitrogens with zero attached hydrogens (tertiary/aromatic N) is 4. The van der Waals surface area contributed by atoms with Gasteiger partial charge in [0.05, 0.1) is 5.56 Å². The molecule has 0 aliphatic rings. The molecule has 4 nitrogen and oxygen atoms in total. The van der Waals surface area contributed by atoms with Crippen molar-refractivity contribution in [3.63, 3.8) is 0 Å². The van der Waals surface area contributed by atoms with Crippen molar-refractivity contribution >= 4 is 0 Å². The number of nitriles is 1. The van der Waals surface area contributed by atoms with Gasteiger partial charge in [-0.3, -0.25) is 4.57 Å². The Hall–Kier alpha value is -2.15. The molecule has 0 aromatic carbocycles. The zero-order chi connectivity index (χ0) is 13.1. The zero-order valence-corrected chi connectivity index (χ0v) is 10.9. The average Bonchev–Trinajstić information content (AvgIpc) is 2.76. The van der Waals surface area contributed by atoms with E-state index in [0.29, 0.717) is 11.4 Å². The molecule has 18 heavy (non-hydrogen) atoms. The molecule has 0 saturated carbocycles. The first-order valence-corrected chi connectivity index (χ1v) is 6.08. The zero-order valence-electron chi connectivity index (χ0n) is 10.9. The van der Waals surface area contributed by atoms with Gasteiger partial charge in [-0.15, -0.1) is 0 Å². The van der Waals surface area contributed by atoms with E-state index < -0.39 is 0 Å². The molecule has 0 amide bonds. The van der Waals surface area contributed by atoms with Crippen LogP contribution in [-0.2, 0) is 6.42 Å². The Morgan fingerprint density at radius 1 is 1.39 bits per heavy atom. The molecule has 0 atom stereocenters. The van der Waals surface area contributed by atoms with Gasteiger partial charge in [0.1, 0.15) is 11.9 Å². The first kappa shape index (κ1) is 12.3. The molecule has 2 aromatic heterocycles. The van der Waals surface area contributed by atoms with Gasteiger partial charge in [-0.05, 0) is 31.9 Å². The predicted molar refractivity (Wildman–Crippen MR) is 69.5 cm³/mol. The lowest BCUT2D eigenvalue weighted by Crippen LogP contribution is -2.07. The Morgan fingerprint density at radius 2 is 2.17 bits per heavy atom. The average molecular weight is 240 g/mol. The minimum atomic E-state index is 0.621. The Morgan fingerprint density at radius 3 is 2.83 bits per heavy atom. The third-order valence-corrected chi connectivity index (χ3v) is 2.86. The summed E-state index contributed by atoms with van der Waals surface area (Å²) in [6, 6.07) is 4.17. The van der Waals surface area contributed by atoms with Crippen molar-refractivity contribution in [2.24, 2.45) is 0 Å². The number of hydrogen-bond acceptors (Lipinski definition) is 3. The summed E-state index contributed by atoms with van der Waals surface area (Å²) in [5.74, 6) is 1.64. The summed E-state index contributed by atoms with van der Waals surface area (Å²) < 4.78 is 1.92. The van der Waals surface area contributed by atoms with Crippen LogP contribution in [-0.4, -0.2) is 14.5 Å². The molecule has 2 aromatic rings. The summed E-state index contributed by atoms with van der Waals surface area (Å²) >= 11 is 0. The van der Waals surface area contributed by atoms with Gasteiger partial charge in [-0.25, -0.2) is 9.97 Å². The molecule has 92 valence electrons. The molecular weight excluding hydrogens is 224 g/mol. The SMILES string of the molecule is CCCc1nccn1-c1nc(C)cc(C)c1C#N. The summed E-state index contributed by atoms with van der Waals surface area (Å²) in [5, 5.41) is 9.29. The fourth-order valence-corrected chi connectivity index (χ4v) is 2.07. The van der Waals surface area contributed by atoms with E-state index in [9.17, 15) is 5.26 Å². The summed E-state index contributed by atoms with van der Waals surface area (Å²) in [6.07, 6.45) is 5.52. The van der Waals surface area contributed by atoms with E-state index in [-0.39, 0.29) is 0 Å². The van der Waals surface area contributed by atoms with Crippen molar-refractivity contribution in [1.29, 1.82) is 5.26 Å². The molecule has 4 heteroatoms. The van der Waals surface area contributed by atoms with Crippen LogP contribution in [0.4, 0.5) is 0 Å². The van der Waals surface area contributed by atoms with E-state index in [4.69, 9.17) is 0 Å². The monoisotopic (exact) mass is 240 g/mol. The number of rotatable bonds is 3. The van der Waals surface area contributed by atoms with Crippen molar-refractivity contribution in [1.82, 2.24) is 14.5 Å². The Balaban J connectivity index is 2.63. The number of hydrogen-bond donors (Lipinski definition) is 0. The van der Waals surface area contributed by atoms with Crippen LogP contribution < -0.4 is 0 Å². The highest BCUT2D eigenvalue weighted by Gasteiger charge is 2.13. The first-order chi connectivity index (χ1) is 8.67. The van der Waals surface area contributed by atoms with Crippen LogP contribution in [0.5, 0.6) is 0 Å². The smallest absolute Gasteiger partial charge is 0.156 e. The second-order valence-corrected chi connectivity index (χ2v) is 4.35. The molecule has 0 unspecified atom stereocenters.